The van der Waals surface area contributed by atoms with Crippen LogP contribution in [0.3, 0.4) is 0 Å². The summed E-state index contributed by atoms with van der Waals surface area (Å²) in [5.41, 5.74) is 9.17. The summed E-state index contributed by atoms with van der Waals surface area (Å²) in [5.74, 6) is -0.154. The summed E-state index contributed by atoms with van der Waals surface area (Å²) in [6.45, 7) is 3.12. The number of rotatable bonds is 4. The van der Waals surface area contributed by atoms with E-state index in [9.17, 15) is 14.4 Å². The van der Waals surface area contributed by atoms with E-state index in [1.807, 2.05) is 12.1 Å². The molecule has 1 aromatic rings. The van der Waals surface area contributed by atoms with Crippen molar-refractivity contribution < 1.29 is 14.4 Å². The Hall–Kier alpha value is -2.25. The van der Waals surface area contributed by atoms with Crippen LogP contribution in [-0.2, 0) is 22.7 Å². The lowest BCUT2D eigenvalue weighted by atomic mass is 9.73. The summed E-state index contributed by atoms with van der Waals surface area (Å²) in [4.78, 5) is 40.7. The van der Waals surface area contributed by atoms with Crippen molar-refractivity contribution in [3.63, 3.8) is 0 Å². The zero-order valence-electron chi connectivity index (χ0n) is 16.7. The summed E-state index contributed by atoms with van der Waals surface area (Å²) < 4.78 is 0. The molecule has 2 atom stereocenters. The number of likely N-dealkylation sites (tertiary alicyclic amines) is 1. The lowest BCUT2D eigenvalue weighted by Crippen LogP contribution is -2.52. The third-order valence-corrected chi connectivity index (χ3v) is 7.40. The maximum absolute atomic E-state index is 12.9. The van der Waals surface area contributed by atoms with Gasteiger partial charge in [-0.1, -0.05) is 12.1 Å². The van der Waals surface area contributed by atoms with E-state index in [0.29, 0.717) is 30.0 Å². The third-order valence-electron chi connectivity index (χ3n) is 7.40. The minimum absolute atomic E-state index is 0.110. The smallest absolute Gasteiger partial charge is 0.255 e. The Labute approximate surface area is 170 Å². The van der Waals surface area contributed by atoms with Gasteiger partial charge in [0.1, 0.15) is 6.04 Å². The number of hydrogen-bond donors (Lipinski definition) is 2. The lowest BCUT2D eigenvalue weighted by Gasteiger charge is -2.46. The molecule has 154 valence electrons. The third kappa shape index (κ3) is 3.07. The molecule has 3 aliphatic heterocycles. The minimum Gasteiger partial charge on any atom is -0.330 e. The highest BCUT2D eigenvalue weighted by molar-refractivity contribution is 6.05. The average Bonchev–Trinajstić information content (AvgIpc) is 3.20. The monoisotopic (exact) mass is 396 g/mol. The van der Waals surface area contributed by atoms with Crippen LogP contribution < -0.4 is 11.1 Å². The fourth-order valence-electron chi connectivity index (χ4n) is 5.68. The summed E-state index contributed by atoms with van der Waals surface area (Å²) in [6.07, 6.45) is 5.70. The quantitative estimate of drug-likeness (QED) is 0.745. The van der Waals surface area contributed by atoms with Gasteiger partial charge >= 0.3 is 0 Å². The highest BCUT2D eigenvalue weighted by atomic mass is 16.2. The van der Waals surface area contributed by atoms with Crippen molar-refractivity contribution in [3.8, 4) is 0 Å². The average molecular weight is 396 g/mol. The van der Waals surface area contributed by atoms with Crippen LogP contribution in [0.2, 0.25) is 0 Å². The number of benzene rings is 1. The van der Waals surface area contributed by atoms with Crippen molar-refractivity contribution in [1.29, 1.82) is 0 Å². The van der Waals surface area contributed by atoms with Gasteiger partial charge in [0.2, 0.25) is 11.8 Å². The van der Waals surface area contributed by atoms with Crippen LogP contribution in [-0.4, -0.2) is 52.2 Å². The first kappa shape index (κ1) is 18.8. The largest absolute Gasteiger partial charge is 0.330 e. The first-order valence-electron chi connectivity index (χ1n) is 10.7. The molecule has 1 spiro atoms. The Balaban J connectivity index is 1.32. The molecule has 29 heavy (non-hydrogen) atoms. The first-order chi connectivity index (χ1) is 14.0. The van der Waals surface area contributed by atoms with Gasteiger partial charge in [-0.05, 0) is 61.8 Å². The molecule has 4 aliphatic rings. The van der Waals surface area contributed by atoms with Crippen LogP contribution in [0.4, 0.5) is 0 Å². The number of carbonyl (C=O) groups is 3. The number of fused-ring (bicyclic) bond motifs is 1. The van der Waals surface area contributed by atoms with Crippen LogP contribution in [0, 0.1) is 5.92 Å². The van der Waals surface area contributed by atoms with Crippen molar-refractivity contribution in [1.82, 2.24) is 15.1 Å². The van der Waals surface area contributed by atoms with Crippen LogP contribution >= 0.6 is 0 Å². The lowest BCUT2D eigenvalue weighted by molar-refractivity contribution is -0.136. The molecule has 1 aromatic carbocycles. The van der Waals surface area contributed by atoms with E-state index in [1.165, 1.54) is 31.2 Å². The summed E-state index contributed by atoms with van der Waals surface area (Å²) in [5, 5.41) is 2.36. The zero-order chi connectivity index (χ0) is 20.2. The Morgan fingerprint density at radius 3 is 2.72 bits per heavy atom. The van der Waals surface area contributed by atoms with Gasteiger partial charge in [-0.2, -0.15) is 0 Å². The molecule has 0 bridgehead atoms. The molecule has 0 radical (unpaired) electrons. The van der Waals surface area contributed by atoms with Crippen molar-refractivity contribution in [2.75, 3.05) is 13.1 Å². The number of amides is 3. The molecule has 3 fully saturated rings. The topological polar surface area (TPSA) is 95.7 Å². The highest BCUT2D eigenvalue weighted by Gasteiger charge is 2.48. The fraction of sp³-hybridized carbons (Fsp3) is 0.591. The normalized spacial score (nSPS) is 28.6. The van der Waals surface area contributed by atoms with E-state index in [1.54, 1.807) is 4.90 Å². The SMILES string of the molecule is NCC1CN(Cc2ccc3c(c2)CN(C2CCC(=O)NC2=O)C3=O)C2(CCC2)C1. The number of nitrogens with one attached hydrogen (secondary N) is 1. The van der Waals surface area contributed by atoms with E-state index in [0.717, 1.165) is 25.2 Å². The molecule has 2 saturated heterocycles. The molecular weight excluding hydrogens is 368 g/mol. The van der Waals surface area contributed by atoms with E-state index < -0.39 is 6.04 Å². The molecule has 2 unspecified atom stereocenters. The van der Waals surface area contributed by atoms with Crippen molar-refractivity contribution in [2.24, 2.45) is 11.7 Å². The van der Waals surface area contributed by atoms with E-state index >= 15 is 0 Å². The van der Waals surface area contributed by atoms with Crippen molar-refractivity contribution in [3.05, 3.63) is 34.9 Å². The van der Waals surface area contributed by atoms with Crippen LogP contribution in [0.5, 0.6) is 0 Å². The standard InChI is InChI=1S/C22H28N4O3/c23-10-15-9-22(6-1-7-22)25(12-15)11-14-2-3-17-16(8-14)13-26(21(17)29)18-4-5-19(27)24-20(18)28/h2-3,8,15,18H,1,4-7,9-13,23H2,(H,24,27,28). The summed E-state index contributed by atoms with van der Waals surface area (Å²) >= 11 is 0. The Bertz CT molecular complexity index is 879. The number of piperidine rings is 1. The summed E-state index contributed by atoms with van der Waals surface area (Å²) in [7, 11) is 0. The second kappa shape index (κ2) is 6.92. The second-order valence-corrected chi connectivity index (χ2v) is 9.16. The molecule has 3 heterocycles. The molecular formula is C22H28N4O3. The minimum atomic E-state index is -0.557. The first-order valence-corrected chi connectivity index (χ1v) is 10.7. The maximum atomic E-state index is 12.9. The highest BCUT2D eigenvalue weighted by Crippen LogP contribution is 2.48. The van der Waals surface area contributed by atoms with Gasteiger partial charge < -0.3 is 10.6 Å². The Kier molecular flexibility index (Phi) is 4.47. The number of carbonyl (C=O) groups excluding carboxylic acids is 3. The van der Waals surface area contributed by atoms with Crippen LogP contribution in [0.1, 0.15) is 60.0 Å². The molecule has 3 amide bonds. The predicted molar refractivity (Wildman–Crippen MR) is 107 cm³/mol. The van der Waals surface area contributed by atoms with Crippen LogP contribution in [0.25, 0.3) is 0 Å². The van der Waals surface area contributed by atoms with Gasteiger partial charge in [-0.25, -0.2) is 0 Å². The molecule has 1 saturated carbocycles. The fourth-order valence-corrected chi connectivity index (χ4v) is 5.68. The molecule has 7 heteroatoms. The molecule has 3 N–H and O–H groups in total. The molecule has 1 aliphatic carbocycles. The maximum Gasteiger partial charge on any atom is 0.255 e. The molecule has 7 nitrogen and oxygen atoms in total. The number of hydrogen-bond acceptors (Lipinski definition) is 5. The van der Waals surface area contributed by atoms with Crippen molar-refractivity contribution in [2.45, 2.75) is 63.2 Å². The van der Waals surface area contributed by atoms with Gasteiger partial charge in [0.25, 0.3) is 5.91 Å². The van der Waals surface area contributed by atoms with E-state index in [2.05, 4.69) is 16.3 Å². The van der Waals surface area contributed by atoms with E-state index in [-0.39, 0.29) is 24.1 Å². The van der Waals surface area contributed by atoms with Gasteiger partial charge in [0, 0.05) is 37.2 Å². The van der Waals surface area contributed by atoms with Gasteiger partial charge in [-0.15, -0.1) is 0 Å². The molecule has 0 aromatic heterocycles. The number of nitrogens with zero attached hydrogens (tertiary/aromatic N) is 2. The Morgan fingerprint density at radius 2 is 2.03 bits per heavy atom. The molecule has 5 rings (SSSR count). The second-order valence-electron chi connectivity index (χ2n) is 9.16. The zero-order valence-corrected chi connectivity index (χ0v) is 16.7. The summed E-state index contributed by atoms with van der Waals surface area (Å²) in [6, 6.07) is 5.52. The van der Waals surface area contributed by atoms with E-state index in [4.69, 9.17) is 5.73 Å². The Morgan fingerprint density at radius 1 is 1.21 bits per heavy atom. The number of imide groups is 1. The van der Waals surface area contributed by atoms with Gasteiger partial charge in [0.15, 0.2) is 0 Å². The predicted octanol–water partition coefficient (Wildman–Crippen LogP) is 1.15. The van der Waals surface area contributed by atoms with Crippen molar-refractivity contribution >= 4 is 17.7 Å². The van der Waals surface area contributed by atoms with Crippen LogP contribution in [0.15, 0.2) is 18.2 Å². The van der Waals surface area contributed by atoms with Gasteiger partial charge in [0.05, 0.1) is 0 Å². The van der Waals surface area contributed by atoms with Gasteiger partial charge in [-0.3, -0.25) is 24.6 Å². The number of nitrogens with two attached hydrogens (primary N) is 1.